The van der Waals surface area contributed by atoms with E-state index in [2.05, 4.69) is 0 Å². The Bertz CT molecular complexity index is 617. The van der Waals surface area contributed by atoms with Crippen LogP contribution in [0.5, 0.6) is 0 Å². The van der Waals surface area contributed by atoms with Gasteiger partial charge in [0.25, 0.3) is 5.91 Å². The number of nitrogens with zero attached hydrogens (tertiary/aromatic N) is 2. The molecule has 3 saturated heterocycles. The van der Waals surface area contributed by atoms with Gasteiger partial charge in [0.15, 0.2) is 0 Å². The van der Waals surface area contributed by atoms with Gasteiger partial charge in [-0.3, -0.25) is 9.59 Å². The molecule has 0 spiro atoms. The number of amides is 2. The maximum absolute atomic E-state index is 13.4. The average molecular weight is 382 g/mol. The first kappa shape index (κ1) is 17.8. The summed E-state index contributed by atoms with van der Waals surface area (Å²) >= 11 is 0. The summed E-state index contributed by atoms with van der Waals surface area (Å²) in [5.41, 5.74) is 0. The van der Waals surface area contributed by atoms with Gasteiger partial charge in [0.1, 0.15) is 6.10 Å². The van der Waals surface area contributed by atoms with Gasteiger partial charge in [-0.1, -0.05) is 0 Å². The molecule has 5 rings (SSSR count). The van der Waals surface area contributed by atoms with Crippen LogP contribution in [0.3, 0.4) is 0 Å². The fraction of sp³-hybridized carbons (Fsp3) is 0.900. The summed E-state index contributed by atoms with van der Waals surface area (Å²) in [7, 11) is 0. The highest BCUT2D eigenvalue weighted by atomic mass is 19.3. The lowest BCUT2D eigenvalue weighted by Gasteiger charge is -2.47. The van der Waals surface area contributed by atoms with Crippen molar-refractivity contribution in [3.63, 3.8) is 0 Å². The van der Waals surface area contributed by atoms with E-state index in [9.17, 15) is 18.4 Å². The van der Waals surface area contributed by atoms with Crippen LogP contribution in [-0.4, -0.2) is 66.4 Å². The van der Waals surface area contributed by atoms with Gasteiger partial charge in [-0.25, -0.2) is 8.78 Å². The zero-order valence-corrected chi connectivity index (χ0v) is 15.6. The number of fused-ring (bicyclic) bond motifs is 1. The number of halogens is 2. The van der Waals surface area contributed by atoms with Crippen LogP contribution in [0.1, 0.15) is 38.5 Å². The molecule has 2 amide bonds. The van der Waals surface area contributed by atoms with Crippen molar-refractivity contribution in [1.29, 1.82) is 0 Å². The number of ether oxygens (including phenoxy) is 1. The predicted octanol–water partition coefficient (Wildman–Crippen LogP) is 2.15. The highest BCUT2D eigenvalue weighted by molar-refractivity contribution is 5.83. The van der Waals surface area contributed by atoms with Gasteiger partial charge in [-0.05, 0) is 49.4 Å². The highest BCUT2D eigenvalue weighted by Crippen LogP contribution is 2.63. The molecule has 150 valence electrons. The van der Waals surface area contributed by atoms with Crippen molar-refractivity contribution >= 4 is 11.8 Å². The van der Waals surface area contributed by atoms with E-state index in [0.717, 1.165) is 51.9 Å². The smallest absolute Gasteiger partial charge is 0.251 e. The van der Waals surface area contributed by atoms with Gasteiger partial charge in [0.2, 0.25) is 11.8 Å². The molecular formula is C20H28F2N2O3. The highest BCUT2D eigenvalue weighted by Gasteiger charge is 2.66. The van der Waals surface area contributed by atoms with E-state index in [1.54, 1.807) is 0 Å². The van der Waals surface area contributed by atoms with Crippen LogP contribution in [0.15, 0.2) is 0 Å². The van der Waals surface area contributed by atoms with Crippen LogP contribution in [0.2, 0.25) is 0 Å². The minimum Gasteiger partial charge on any atom is -0.368 e. The van der Waals surface area contributed by atoms with Crippen LogP contribution in [0, 0.1) is 29.6 Å². The molecule has 2 aliphatic carbocycles. The lowest BCUT2D eigenvalue weighted by atomic mass is 9.80. The Morgan fingerprint density at radius 2 is 1.59 bits per heavy atom. The fourth-order valence-electron chi connectivity index (χ4n) is 5.91. The van der Waals surface area contributed by atoms with Crippen molar-refractivity contribution in [1.82, 2.24) is 9.80 Å². The molecule has 5 aliphatic rings. The van der Waals surface area contributed by atoms with Crippen molar-refractivity contribution in [2.24, 2.45) is 29.6 Å². The molecule has 0 aromatic carbocycles. The monoisotopic (exact) mass is 382 g/mol. The Balaban J connectivity index is 1.11. The summed E-state index contributed by atoms with van der Waals surface area (Å²) in [6.45, 7) is 3.71. The zero-order valence-electron chi connectivity index (χ0n) is 15.6. The minimum absolute atomic E-state index is 0.0869. The molecule has 0 aromatic heterocycles. The topological polar surface area (TPSA) is 49.9 Å². The van der Waals surface area contributed by atoms with E-state index in [4.69, 9.17) is 4.74 Å². The third-order valence-electron chi connectivity index (χ3n) is 7.55. The molecule has 5 atom stereocenters. The first-order valence-corrected chi connectivity index (χ1v) is 10.5. The molecular weight excluding hydrogens is 354 g/mol. The van der Waals surface area contributed by atoms with Crippen LogP contribution < -0.4 is 0 Å². The molecule has 27 heavy (non-hydrogen) atoms. The lowest BCUT2D eigenvalue weighted by Crippen LogP contribution is -2.58. The van der Waals surface area contributed by atoms with E-state index in [-0.39, 0.29) is 48.5 Å². The summed E-state index contributed by atoms with van der Waals surface area (Å²) in [5.74, 6) is -1.77. The Labute approximate surface area is 158 Å². The van der Waals surface area contributed by atoms with E-state index in [1.807, 2.05) is 9.80 Å². The van der Waals surface area contributed by atoms with Crippen molar-refractivity contribution in [3.05, 3.63) is 0 Å². The number of likely N-dealkylation sites (tertiary alicyclic amines) is 2. The summed E-state index contributed by atoms with van der Waals surface area (Å²) < 4.78 is 32.2. The summed E-state index contributed by atoms with van der Waals surface area (Å²) in [6.07, 6.45) is 3.40. The van der Waals surface area contributed by atoms with Gasteiger partial charge in [0.05, 0.1) is 0 Å². The number of hydrogen-bond acceptors (Lipinski definition) is 3. The summed E-state index contributed by atoms with van der Waals surface area (Å²) in [5, 5.41) is 0. The Kier molecular flexibility index (Phi) is 4.22. The number of piperidine rings is 1. The van der Waals surface area contributed by atoms with Gasteiger partial charge in [-0.15, -0.1) is 0 Å². The molecule has 7 heteroatoms. The molecule has 0 aromatic rings. The van der Waals surface area contributed by atoms with Crippen LogP contribution in [0.25, 0.3) is 0 Å². The average Bonchev–Trinajstić information content (AvgIpc) is 2.99. The van der Waals surface area contributed by atoms with E-state index in [0.29, 0.717) is 18.4 Å². The van der Waals surface area contributed by atoms with Gasteiger partial charge < -0.3 is 14.5 Å². The fourth-order valence-corrected chi connectivity index (χ4v) is 5.91. The van der Waals surface area contributed by atoms with Crippen LogP contribution in [-0.2, 0) is 14.3 Å². The number of rotatable bonds is 3. The second-order valence-electron chi connectivity index (χ2n) is 9.31. The van der Waals surface area contributed by atoms with Crippen molar-refractivity contribution < 1.29 is 23.1 Å². The van der Waals surface area contributed by atoms with E-state index < -0.39 is 5.92 Å². The third kappa shape index (κ3) is 3.15. The van der Waals surface area contributed by atoms with Crippen molar-refractivity contribution in [2.45, 2.75) is 50.6 Å². The molecule has 2 saturated carbocycles. The quantitative estimate of drug-likeness (QED) is 0.752. The molecule has 0 bridgehead atoms. The van der Waals surface area contributed by atoms with Crippen LogP contribution in [0.4, 0.5) is 8.78 Å². The van der Waals surface area contributed by atoms with Crippen molar-refractivity contribution in [2.75, 3.05) is 32.8 Å². The molecule has 0 radical (unpaired) electrons. The summed E-state index contributed by atoms with van der Waals surface area (Å²) in [4.78, 5) is 29.0. The number of carbonyl (C=O) groups excluding carboxylic acids is 2. The summed E-state index contributed by atoms with van der Waals surface area (Å²) in [6, 6.07) is 0. The zero-order chi connectivity index (χ0) is 18.8. The largest absolute Gasteiger partial charge is 0.368 e. The normalized spacial score (nSPS) is 40.6. The minimum atomic E-state index is -2.55. The second kappa shape index (κ2) is 6.39. The number of alkyl halides is 2. The van der Waals surface area contributed by atoms with Crippen LogP contribution >= 0.6 is 0 Å². The molecule has 3 heterocycles. The molecule has 2 unspecified atom stereocenters. The van der Waals surface area contributed by atoms with E-state index in [1.165, 1.54) is 0 Å². The maximum Gasteiger partial charge on any atom is 0.251 e. The maximum atomic E-state index is 13.4. The number of carbonyl (C=O) groups is 2. The first-order chi connectivity index (χ1) is 12.9. The van der Waals surface area contributed by atoms with E-state index >= 15 is 0 Å². The standard InChI is InChI=1S/C20H28F2N2O3/c21-20(22)7-14-15(8-20)17(14)19(26)23-5-1-3-12(9-23)13-10-24(11-13)18(25)16-4-2-6-27-16/h12-17H,1-11H2/t12?,14-,15+,16-,17?/m1/s1. The molecule has 0 N–H and O–H groups in total. The number of hydrogen-bond donors (Lipinski definition) is 0. The molecule has 5 fully saturated rings. The Morgan fingerprint density at radius 1 is 0.889 bits per heavy atom. The molecule has 3 aliphatic heterocycles. The Morgan fingerprint density at radius 3 is 2.26 bits per heavy atom. The third-order valence-corrected chi connectivity index (χ3v) is 7.55. The van der Waals surface area contributed by atoms with Gasteiger partial charge in [0, 0.05) is 51.5 Å². The Hall–Kier alpha value is -1.24. The van der Waals surface area contributed by atoms with Gasteiger partial charge >= 0.3 is 0 Å². The molecule has 5 nitrogen and oxygen atoms in total. The lowest BCUT2D eigenvalue weighted by molar-refractivity contribution is -0.150. The SMILES string of the molecule is O=C(C1[C@H]2CC(F)(F)C[C@@H]12)N1CCCC(C2CN(C(=O)[C@H]3CCCO3)C2)C1. The second-order valence-corrected chi connectivity index (χ2v) is 9.31. The predicted molar refractivity (Wildman–Crippen MR) is 93.0 cm³/mol. The first-order valence-electron chi connectivity index (χ1n) is 10.5. The van der Waals surface area contributed by atoms with Crippen molar-refractivity contribution in [3.8, 4) is 0 Å². The van der Waals surface area contributed by atoms with Gasteiger partial charge in [-0.2, -0.15) is 0 Å².